The van der Waals surface area contributed by atoms with Gasteiger partial charge in [0.15, 0.2) is 18.1 Å². The molecule has 0 aromatic heterocycles. The van der Waals surface area contributed by atoms with Crippen LogP contribution in [0.2, 0.25) is 0 Å². The van der Waals surface area contributed by atoms with Gasteiger partial charge in [-0.05, 0) is 43.4 Å². The zero-order chi connectivity index (χ0) is 16.3. The summed E-state index contributed by atoms with van der Waals surface area (Å²) >= 11 is 0. The number of ketones is 1. The molecule has 2 rings (SSSR count). The maximum atomic E-state index is 12.1. The molecule has 1 aliphatic carbocycles. The van der Waals surface area contributed by atoms with Crippen molar-refractivity contribution in [2.24, 2.45) is 5.41 Å². The number of carbonyl (C=O) groups is 2. The van der Waals surface area contributed by atoms with E-state index in [0.29, 0.717) is 12.2 Å². The van der Waals surface area contributed by atoms with Crippen molar-refractivity contribution in [3.8, 4) is 0 Å². The molecular weight excluding hydrogens is 278 g/mol. The number of hydrogen-bond donors (Lipinski definition) is 1. The number of allylic oxidation sites excluding steroid dienone is 2. The average Bonchev–Trinajstić information content (AvgIpc) is 2.39. The second-order valence-corrected chi connectivity index (χ2v) is 6.75. The SMILES string of the molecule is CC1=C(OCC(=O)Nc2ccc(C)cc2)C(=O)CC(C)(C)C1. The Morgan fingerprint density at radius 2 is 1.82 bits per heavy atom. The molecule has 4 heteroatoms. The summed E-state index contributed by atoms with van der Waals surface area (Å²) in [5.41, 5.74) is 2.74. The van der Waals surface area contributed by atoms with E-state index in [0.717, 1.165) is 23.2 Å². The number of carbonyl (C=O) groups excluding carboxylic acids is 2. The Morgan fingerprint density at radius 3 is 2.41 bits per heavy atom. The van der Waals surface area contributed by atoms with Crippen molar-refractivity contribution in [3.63, 3.8) is 0 Å². The first-order valence-corrected chi connectivity index (χ1v) is 7.49. The van der Waals surface area contributed by atoms with Gasteiger partial charge < -0.3 is 10.1 Å². The van der Waals surface area contributed by atoms with Gasteiger partial charge in [-0.1, -0.05) is 31.5 Å². The van der Waals surface area contributed by atoms with E-state index in [9.17, 15) is 9.59 Å². The molecule has 1 N–H and O–H groups in total. The molecule has 0 bridgehead atoms. The summed E-state index contributed by atoms with van der Waals surface area (Å²) in [4.78, 5) is 24.0. The number of nitrogens with one attached hydrogen (secondary N) is 1. The second kappa shape index (κ2) is 6.34. The van der Waals surface area contributed by atoms with Crippen LogP contribution in [0.1, 0.15) is 39.2 Å². The molecule has 22 heavy (non-hydrogen) atoms. The van der Waals surface area contributed by atoms with Crippen molar-refractivity contribution in [2.75, 3.05) is 11.9 Å². The van der Waals surface area contributed by atoms with Gasteiger partial charge >= 0.3 is 0 Å². The van der Waals surface area contributed by atoms with E-state index in [1.54, 1.807) is 0 Å². The van der Waals surface area contributed by atoms with Gasteiger partial charge in [-0.2, -0.15) is 0 Å². The van der Waals surface area contributed by atoms with Crippen molar-refractivity contribution >= 4 is 17.4 Å². The lowest BCUT2D eigenvalue weighted by Gasteiger charge is -2.30. The highest BCUT2D eigenvalue weighted by molar-refractivity contribution is 5.97. The monoisotopic (exact) mass is 301 g/mol. The van der Waals surface area contributed by atoms with E-state index in [4.69, 9.17) is 4.74 Å². The van der Waals surface area contributed by atoms with Crippen LogP contribution in [-0.4, -0.2) is 18.3 Å². The predicted octanol–water partition coefficient (Wildman–Crippen LogP) is 3.61. The molecule has 0 unspecified atom stereocenters. The number of aryl methyl sites for hydroxylation is 1. The van der Waals surface area contributed by atoms with Gasteiger partial charge in [-0.15, -0.1) is 0 Å². The number of hydrogen-bond acceptors (Lipinski definition) is 3. The van der Waals surface area contributed by atoms with Gasteiger partial charge in [-0.3, -0.25) is 9.59 Å². The molecule has 0 radical (unpaired) electrons. The zero-order valence-electron chi connectivity index (χ0n) is 13.7. The lowest BCUT2D eigenvalue weighted by atomic mass is 9.76. The van der Waals surface area contributed by atoms with Gasteiger partial charge in [0, 0.05) is 12.1 Å². The predicted molar refractivity (Wildman–Crippen MR) is 86.5 cm³/mol. The molecular formula is C18H23NO3. The smallest absolute Gasteiger partial charge is 0.262 e. The number of anilines is 1. The molecule has 4 nitrogen and oxygen atoms in total. The molecule has 1 aromatic rings. The molecule has 0 fully saturated rings. The van der Waals surface area contributed by atoms with E-state index in [1.807, 2.05) is 38.1 Å². The van der Waals surface area contributed by atoms with Gasteiger partial charge in [0.2, 0.25) is 0 Å². The topological polar surface area (TPSA) is 55.4 Å². The van der Waals surface area contributed by atoms with Crippen LogP contribution in [0.3, 0.4) is 0 Å². The minimum atomic E-state index is -0.262. The Labute approximate surface area is 131 Å². The van der Waals surface area contributed by atoms with Crippen LogP contribution in [0.4, 0.5) is 5.69 Å². The van der Waals surface area contributed by atoms with Crippen LogP contribution in [0.5, 0.6) is 0 Å². The van der Waals surface area contributed by atoms with Crippen molar-refractivity contribution in [1.82, 2.24) is 0 Å². The van der Waals surface area contributed by atoms with Crippen LogP contribution >= 0.6 is 0 Å². The van der Waals surface area contributed by atoms with Gasteiger partial charge in [0.1, 0.15) is 0 Å². The summed E-state index contributed by atoms with van der Waals surface area (Å²) in [6, 6.07) is 7.53. The zero-order valence-corrected chi connectivity index (χ0v) is 13.7. The van der Waals surface area contributed by atoms with Crippen molar-refractivity contribution in [3.05, 3.63) is 41.2 Å². The summed E-state index contributed by atoms with van der Waals surface area (Å²) < 4.78 is 5.48. The molecule has 118 valence electrons. The lowest BCUT2D eigenvalue weighted by molar-refractivity contribution is -0.124. The highest BCUT2D eigenvalue weighted by Gasteiger charge is 2.32. The third-order valence-corrected chi connectivity index (χ3v) is 3.71. The van der Waals surface area contributed by atoms with Crippen molar-refractivity contribution < 1.29 is 14.3 Å². The number of Topliss-reactive ketones (excluding diaryl/α,β-unsaturated/α-hetero) is 1. The average molecular weight is 301 g/mol. The molecule has 0 atom stereocenters. The molecule has 1 amide bonds. The Bertz CT molecular complexity index is 612. The second-order valence-electron chi connectivity index (χ2n) is 6.75. The maximum absolute atomic E-state index is 12.1. The standard InChI is InChI=1S/C18H23NO3/c1-12-5-7-14(8-6-12)19-16(21)11-22-17-13(2)9-18(3,4)10-15(17)20/h5-8H,9-11H2,1-4H3,(H,19,21). The number of amides is 1. The van der Waals surface area contributed by atoms with E-state index in [-0.39, 0.29) is 23.7 Å². The van der Waals surface area contributed by atoms with E-state index < -0.39 is 0 Å². The van der Waals surface area contributed by atoms with Gasteiger partial charge in [0.25, 0.3) is 5.91 Å². The number of ether oxygens (including phenoxy) is 1. The first-order chi connectivity index (χ1) is 10.3. The third kappa shape index (κ3) is 4.20. The summed E-state index contributed by atoms with van der Waals surface area (Å²) in [7, 11) is 0. The fourth-order valence-electron chi connectivity index (χ4n) is 2.79. The third-order valence-electron chi connectivity index (χ3n) is 3.71. The van der Waals surface area contributed by atoms with E-state index in [2.05, 4.69) is 19.2 Å². The lowest BCUT2D eigenvalue weighted by Crippen LogP contribution is -2.28. The van der Waals surface area contributed by atoms with Crippen LogP contribution < -0.4 is 5.32 Å². The van der Waals surface area contributed by atoms with Crippen LogP contribution in [0.25, 0.3) is 0 Å². The van der Waals surface area contributed by atoms with E-state index in [1.165, 1.54) is 0 Å². The fourth-order valence-corrected chi connectivity index (χ4v) is 2.79. The van der Waals surface area contributed by atoms with Crippen molar-refractivity contribution in [1.29, 1.82) is 0 Å². The molecule has 1 aliphatic rings. The molecule has 0 saturated heterocycles. The normalized spacial score (nSPS) is 17.4. The Kier molecular flexibility index (Phi) is 4.69. The number of benzene rings is 1. The number of rotatable bonds is 4. The summed E-state index contributed by atoms with van der Waals surface area (Å²) in [6.45, 7) is 7.86. The molecule has 0 heterocycles. The van der Waals surface area contributed by atoms with Gasteiger partial charge in [0.05, 0.1) is 0 Å². The first kappa shape index (κ1) is 16.3. The summed E-state index contributed by atoms with van der Waals surface area (Å²) in [5.74, 6) is 0.0806. The minimum Gasteiger partial charge on any atom is -0.480 e. The highest BCUT2D eigenvalue weighted by atomic mass is 16.5. The van der Waals surface area contributed by atoms with Gasteiger partial charge in [-0.25, -0.2) is 0 Å². The Hall–Kier alpha value is -2.10. The minimum absolute atomic E-state index is 0.0168. The fraction of sp³-hybridized carbons (Fsp3) is 0.444. The largest absolute Gasteiger partial charge is 0.480 e. The van der Waals surface area contributed by atoms with Crippen molar-refractivity contribution in [2.45, 2.75) is 40.5 Å². The molecule has 0 spiro atoms. The summed E-state index contributed by atoms with van der Waals surface area (Å²) in [5, 5.41) is 2.76. The maximum Gasteiger partial charge on any atom is 0.262 e. The first-order valence-electron chi connectivity index (χ1n) is 7.49. The Morgan fingerprint density at radius 1 is 1.18 bits per heavy atom. The molecule has 0 aliphatic heterocycles. The van der Waals surface area contributed by atoms with Crippen LogP contribution in [0.15, 0.2) is 35.6 Å². The molecule has 0 saturated carbocycles. The highest BCUT2D eigenvalue weighted by Crippen LogP contribution is 2.36. The summed E-state index contributed by atoms with van der Waals surface area (Å²) in [6.07, 6.45) is 1.27. The Balaban J connectivity index is 1.93. The molecule has 1 aromatic carbocycles. The van der Waals surface area contributed by atoms with E-state index >= 15 is 0 Å². The van der Waals surface area contributed by atoms with Crippen LogP contribution in [0, 0.1) is 12.3 Å². The van der Waals surface area contributed by atoms with Crippen LogP contribution in [-0.2, 0) is 14.3 Å². The quantitative estimate of drug-likeness (QED) is 0.924.